The zero-order valence-electron chi connectivity index (χ0n) is 13.4. The number of hydrogen-bond donors (Lipinski definition) is 1. The first-order chi connectivity index (χ1) is 12.2. The number of nitrogen functional groups attached to an aromatic ring is 1. The third-order valence-corrected chi connectivity index (χ3v) is 3.95. The maximum atomic E-state index is 11.7. The minimum Gasteiger partial charge on any atom is -0.462 e. The molecular formula is C16H15N5O3S. The fourth-order valence-electron chi connectivity index (χ4n) is 1.95. The number of anilines is 1. The molecule has 2 heterocycles. The monoisotopic (exact) mass is 357 g/mol. The molecule has 1 aromatic carbocycles. The van der Waals surface area contributed by atoms with Crippen LogP contribution in [-0.2, 0) is 10.5 Å². The molecule has 2 aromatic heterocycles. The molecule has 3 rings (SSSR count). The van der Waals surface area contributed by atoms with Crippen molar-refractivity contribution >= 4 is 23.5 Å². The summed E-state index contributed by atoms with van der Waals surface area (Å²) in [4.78, 5) is 19.9. The quantitative estimate of drug-likeness (QED) is 0.403. The Hall–Kier alpha value is -2.94. The number of carbonyl (C=O) groups excluding carboxylic acids is 1. The van der Waals surface area contributed by atoms with Crippen LogP contribution in [0.4, 0.5) is 5.82 Å². The number of benzene rings is 1. The first kappa shape index (κ1) is 16.9. The van der Waals surface area contributed by atoms with Crippen molar-refractivity contribution in [1.29, 1.82) is 0 Å². The van der Waals surface area contributed by atoms with Crippen molar-refractivity contribution in [1.82, 2.24) is 20.2 Å². The van der Waals surface area contributed by atoms with Gasteiger partial charge < -0.3 is 14.9 Å². The van der Waals surface area contributed by atoms with E-state index in [0.717, 1.165) is 5.56 Å². The van der Waals surface area contributed by atoms with Crippen molar-refractivity contribution in [2.75, 3.05) is 12.3 Å². The number of nitrogens with zero attached hydrogens (tertiary/aromatic N) is 4. The van der Waals surface area contributed by atoms with Gasteiger partial charge in [-0.3, -0.25) is 0 Å². The molecule has 0 saturated carbocycles. The maximum absolute atomic E-state index is 11.7. The fourth-order valence-corrected chi connectivity index (χ4v) is 2.61. The molecule has 128 valence electrons. The number of nitrogens with two attached hydrogens (primary N) is 1. The largest absolute Gasteiger partial charge is 0.462 e. The normalized spacial score (nSPS) is 10.6. The summed E-state index contributed by atoms with van der Waals surface area (Å²) in [7, 11) is 0. The molecule has 0 fully saturated rings. The molecule has 0 amide bonds. The second-order valence-corrected chi connectivity index (χ2v) is 5.77. The highest BCUT2D eigenvalue weighted by Gasteiger charge is 2.15. The number of hydrogen-bond acceptors (Lipinski definition) is 9. The second kappa shape index (κ2) is 7.75. The average molecular weight is 357 g/mol. The molecule has 0 bridgehead atoms. The number of ether oxygens (including phenoxy) is 1. The van der Waals surface area contributed by atoms with E-state index < -0.39 is 5.97 Å². The topological polar surface area (TPSA) is 117 Å². The highest BCUT2D eigenvalue weighted by Crippen LogP contribution is 2.23. The molecule has 0 spiro atoms. The summed E-state index contributed by atoms with van der Waals surface area (Å²) < 4.78 is 10.5. The lowest BCUT2D eigenvalue weighted by atomic mass is 10.2. The Kier molecular flexibility index (Phi) is 5.24. The van der Waals surface area contributed by atoms with Gasteiger partial charge in [-0.1, -0.05) is 30.0 Å². The van der Waals surface area contributed by atoms with E-state index in [2.05, 4.69) is 20.2 Å². The first-order valence-corrected chi connectivity index (χ1v) is 8.46. The SMILES string of the molecule is CCOC(=O)c1cnc(SCc2nnc(-c3ccccc3)o2)nc1N. The van der Waals surface area contributed by atoms with Crippen LogP contribution in [0.1, 0.15) is 23.2 Å². The molecule has 0 aliphatic carbocycles. The lowest BCUT2D eigenvalue weighted by Crippen LogP contribution is -2.10. The van der Waals surface area contributed by atoms with Crippen molar-refractivity contribution in [3.8, 4) is 11.5 Å². The molecule has 9 heteroatoms. The van der Waals surface area contributed by atoms with E-state index in [0.29, 0.717) is 22.7 Å². The zero-order chi connectivity index (χ0) is 17.6. The van der Waals surface area contributed by atoms with E-state index in [9.17, 15) is 4.79 Å². The van der Waals surface area contributed by atoms with E-state index in [4.69, 9.17) is 14.9 Å². The summed E-state index contributed by atoms with van der Waals surface area (Å²) in [5.41, 5.74) is 6.79. The predicted octanol–water partition coefficient (Wildman–Crippen LogP) is 2.58. The standard InChI is InChI=1S/C16H15N5O3S/c1-2-23-15(22)11-8-18-16(19-13(11)17)25-9-12-20-21-14(24-12)10-6-4-3-5-7-10/h3-8H,2,9H2,1H3,(H2,17,18,19). The van der Waals surface area contributed by atoms with Crippen LogP contribution in [0.2, 0.25) is 0 Å². The van der Waals surface area contributed by atoms with Gasteiger partial charge in [-0.05, 0) is 19.1 Å². The van der Waals surface area contributed by atoms with Crippen LogP contribution in [0.25, 0.3) is 11.5 Å². The molecular weight excluding hydrogens is 342 g/mol. The molecule has 0 aliphatic rings. The lowest BCUT2D eigenvalue weighted by Gasteiger charge is -2.05. The smallest absolute Gasteiger partial charge is 0.343 e. The van der Waals surface area contributed by atoms with E-state index in [1.54, 1.807) is 6.92 Å². The van der Waals surface area contributed by atoms with E-state index in [1.165, 1.54) is 18.0 Å². The van der Waals surface area contributed by atoms with Crippen molar-refractivity contribution in [3.05, 3.63) is 48.0 Å². The van der Waals surface area contributed by atoms with E-state index >= 15 is 0 Å². The third-order valence-electron chi connectivity index (χ3n) is 3.10. The molecule has 25 heavy (non-hydrogen) atoms. The third kappa shape index (κ3) is 4.13. The number of carbonyl (C=O) groups is 1. The summed E-state index contributed by atoms with van der Waals surface area (Å²) in [6.45, 7) is 1.98. The molecule has 0 atom stereocenters. The molecule has 0 radical (unpaired) electrons. The zero-order valence-corrected chi connectivity index (χ0v) is 14.2. The van der Waals surface area contributed by atoms with Crippen LogP contribution in [0.3, 0.4) is 0 Å². The maximum Gasteiger partial charge on any atom is 0.343 e. The molecule has 0 saturated heterocycles. The van der Waals surface area contributed by atoms with Crippen LogP contribution in [0.5, 0.6) is 0 Å². The van der Waals surface area contributed by atoms with Gasteiger partial charge in [0.15, 0.2) is 5.16 Å². The summed E-state index contributed by atoms with van der Waals surface area (Å²) in [6, 6.07) is 9.49. The Labute approximate surface area is 147 Å². The van der Waals surface area contributed by atoms with Crippen molar-refractivity contribution < 1.29 is 13.9 Å². The number of thioether (sulfide) groups is 1. The summed E-state index contributed by atoms with van der Waals surface area (Å²) >= 11 is 1.28. The number of aromatic nitrogens is 4. The minimum absolute atomic E-state index is 0.0754. The van der Waals surface area contributed by atoms with Gasteiger partial charge in [-0.2, -0.15) is 0 Å². The lowest BCUT2D eigenvalue weighted by molar-refractivity contribution is 0.0526. The molecule has 2 N–H and O–H groups in total. The van der Waals surface area contributed by atoms with Crippen LogP contribution in [0, 0.1) is 0 Å². The first-order valence-electron chi connectivity index (χ1n) is 7.47. The van der Waals surface area contributed by atoms with Crippen molar-refractivity contribution in [3.63, 3.8) is 0 Å². The number of esters is 1. The van der Waals surface area contributed by atoms with Gasteiger partial charge in [0.05, 0.1) is 12.4 Å². The predicted molar refractivity (Wildman–Crippen MR) is 91.7 cm³/mol. The van der Waals surface area contributed by atoms with E-state index in [-0.39, 0.29) is 18.0 Å². The Morgan fingerprint density at radius 2 is 2.08 bits per heavy atom. The van der Waals surface area contributed by atoms with Crippen molar-refractivity contribution in [2.45, 2.75) is 17.8 Å². The van der Waals surface area contributed by atoms with Crippen molar-refractivity contribution in [2.24, 2.45) is 0 Å². The van der Waals surface area contributed by atoms with Gasteiger partial charge in [-0.25, -0.2) is 14.8 Å². The van der Waals surface area contributed by atoms with Gasteiger partial charge in [-0.15, -0.1) is 10.2 Å². The number of rotatable bonds is 6. The Morgan fingerprint density at radius 1 is 1.28 bits per heavy atom. The van der Waals surface area contributed by atoms with Gasteiger partial charge in [0.2, 0.25) is 11.8 Å². The average Bonchev–Trinajstić information content (AvgIpc) is 3.10. The van der Waals surface area contributed by atoms with Gasteiger partial charge in [0.1, 0.15) is 11.4 Å². The Bertz CT molecular complexity index is 869. The molecule has 0 aliphatic heterocycles. The minimum atomic E-state index is -0.541. The summed E-state index contributed by atoms with van der Waals surface area (Å²) in [6.07, 6.45) is 1.35. The van der Waals surface area contributed by atoms with Crippen LogP contribution in [-0.4, -0.2) is 32.7 Å². The molecule has 3 aromatic rings. The highest BCUT2D eigenvalue weighted by atomic mass is 32.2. The van der Waals surface area contributed by atoms with Gasteiger partial charge in [0, 0.05) is 11.8 Å². The highest BCUT2D eigenvalue weighted by molar-refractivity contribution is 7.98. The van der Waals surface area contributed by atoms with Gasteiger partial charge in [0.25, 0.3) is 0 Å². The van der Waals surface area contributed by atoms with E-state index in [1.807, 2.05) is 30.3 Å². The fraction of sp³-hybridized carbons (Fsp3) is 0.188. The summed E-state index contributed by atoms with van der Waals surface area (Å²) in [5, 5.41) is 8.43. The Balaban J connectivity index is 1.65. The Morgan fingerprint density at radius 3 is 2.80 bits per heavy atom. The van der Waals surface area contributed by atoms with Crippen LogP contribution in [0.15, 0.2) is 46.1 Å². The van der Waals surface area contributed by atoms with Gasteiger partial charge >= 0.3 is 5.97 Å². The second-order valence-electron chi connectivity index (χ2n) is 4.83. The van der Waals surface area contributed by atoms with Crippen LogP contribution < -0.4 is 5.73 Å². The summed E-state index contributed by atoms with van der Waals surface area (Å²) in [5.74, 6) is 0.820. The molecule has 8 nitrogen and oxygen atoms in total. The molecule has 0 unspecified atom stereocenters. The van der Waals surface area contributed by atoms with Crippen LogP contribution >= 0.6 is 11.8 Å².